The minimum Gasteiger partial charge on any atom is -0.381 e. The van der Waals surface area contributed by atoms with Crippen LogP contribution in [0.15, 0.2) is 24.3 Å². The molecule has 0 saturated heterocycles. The number of rotatable bonds is 2. The van der Waals surface area contributed by atoms with Gasteiger partial charge in [0, 0.05) is 12.6 Å². The molecule has 3 rings (SSSR count). The van der Waals surface area contributed by atoms with Gasteiger partial charge in [-0.25, -0.2) is 0 Å². The zero-order valence-corrected chi connectivity index (χ0v) is 12.9. The van der Waals surface area contributed by atoms with E-state index < -0.39 is 0 Å². The van der Waals surface area contributed by atoms with Gasteiger partial charge in [0.1, 0.15) is 6.04 Å². The lowest BCUT2D eigenvalue weighted by Crippen LogP contribution is -2.50. The van der Waals surface area contributed by atoms with Crippen molar-refractivity contribution >= 4 is 17.3 Å². The summed E-state index contributed by atoms with van der Waals surface area (Å²) in [4.78, 5) is 12.4. The van der Waals surface area contributed by atoms with Gasteiger partial charge in [0.05, 0.1) is 11.4 Å². The van der Waals surface area contributed by atoms with Crippen LogP contribution in [0.2, 0.25) is 0 Å². The van der Waals surface area contributed by atoms with Crippen LogP contribution < -0.4 is 16.0 Å². The monoisotopic (exact) mass is 287 g/mol. The molecule has 2 aliphatic rings. The van der Waals surface area contributed by atoms with Gasteiger partial charge in [-0.3, -0.25) is 4.79 Å². The minimum absolute atomic E-state index is 0.113. The van der Waals surface area contributed by atoms with Crippen LogP contribution in [-0.2, 0) is 4.79 Å². The molecular formula is C17H25N3O. The normalized spacial score (nSPS) is 24.4. The molecule has 1 amide bonds. The van der Waals surface area contributed by atoms with E-state index in [0.717, 1.165) is 24.2 Å². The molecule has 1 atom stereocenters. The van der Waals surface area contributed by atoms with Crippen molar-refractivity contribution in [2.75, 3.05) is 17.2 Å². The summed E-state index contributed by atoms with van der Waals surface area (Å²) in [5.74, 6) is 0.113. The molecular weight excluding hydrogens is 262 g/mol. The van der Waals surface area contributed by atoms with Crippen LogP contribution in [-0.4, -0.2) is 24.5 Å². The van der Waals surface area contributed by atoms with E-state index in [1.54, 1.807) is 0 Å². The van der Waals surface area contributed by atoms with Crippen LogP contribution in [0.5, 0.6) is 0 Å². The van der Waals surface area contributed by atoms with Crippen molar-refractivity contribution in [2.24, 2.45) is 5.41 Å². The Morgan fingerprint density at radius 3 is 2.57 bits per heavy atom. The van der Waals surface area contributed by atoms with Gasteiger partial charge in [0.25, 0.3) is 0 Å². The van der Waals surface area contributed by atoms with E-state index in [1.165, 1.54) is 12.8 Å². The molecule has 0 spiro atoms. The largest absolute Gasteiger partial charge is 0.381 e. The fourth-order valence-electron chi connectivity index (χ4n) is 3.22. The minimum atomic E-state index is -0.185. The van der Waals surface area contributed by atoms with Crippen molar-refractivity contribution < 1.29 is 4.79 Å². The number of nitrogens with one attached hydrogen (secondary N) is 3. The number of hydrogen-bond acceptors (Lipinski definition) is 3. The summed E-state index contributed by atoms with van der Waals surface area (Å²) in [5, 5.41) is 9.86. The number of carbonyl (C=O) groups is 1. The summed E-state index contributed by atoms with van der Waals surface area (Å²) in [6, 6.07) is 8.17. The Bertz CT molecular complexity index is 517. The quantitative estimate of drug-likeness (QED) is 0.784. The Balaban J connectivity index is 1.55. The zero-order valence-electron chi connectivity index (χ0n) is 12.9. The van der Waals surface area contributed by atoms with E-state index in [2.05, 4.69) is 29.8 Å². The summed E-state index contributed by atoms with van der Waals surface area (Å²) in [6.07, 6.45) is 4.57. The number of fused-ring (bicyclic) bond motifs is 1. The Kier molecular flexibility index (Phi) is 3.79. The number of benzene rings is 1. The highest BCUT2D eigenvalue weighted by Gasteiger charge is 2.30. The van der Waals surface area contributed by atoms with Gasteiger partial charge in [-0.05, 0) is 43.2 Å². The van der Waals surface area contributed by atoms with E-state index >= 15 is 0 Å². The van der Waals surface area contributed by atoms with E-state index in [9.17, 15) is 4.79 Å². The molecule has 114 valence electrons. The van der Waals surface area contributed by atoms with Gasteiger partial charge in [-0.1, -0.05) is 26.0 Å². The maximum absolute atomic E-state index is 12.4. The molecule has 0 bridgehead atoms. The zero-order chi connectivity index (χ0) is 14.9. The predicted octanol–water partition coefficient (Wildman–Crippen LogP) is 2.98. The fraction of sp³-hybridized carbons (Fsp3) is 0.588. The third-order valence-corrected chi connectivity index (χ3v) is 4.76. The third kappa shape index (κ3) is 3.31. The van der Waals surface area contributed by atoms with Crippen LogP contribution in [0, 0.1) is 5.41 Å². The first kappa shape index (κ1) is 14.2. The highest BCUT2D eigenvalue weighted by Crippen LogP contribution is 2.35. The van der Waals surface area contributed by atoms with E-state index in [1.807, 2.05) is 24.3 Å². The maximum atomic E-state index is 12.4. The SMILES string of the molecule is CC1(C)CCC(NC(=O)C2CNc3ccccc3N2)CC1. The highest BCUT2D eigenvalue weighted by molar-refractivity contribution is 5.88. The van der Waals surface area contributed by atoms with Crippen molar-refractivity contribution in [2.45, 2.75) is 51.6 Å². The summed E-state index contributed by atoms with van der Waals surface area (Å²) < 4.78 is 0. The van der Waals surface area contributed by atoms with Gasteiger partial charge in [0.15, 0.2) is 0 Å². The molecule has 1 unspecified atom stereocenters. The molecule has 1 aliphatic heterocycles. The average molecular weight is 287 g/mol. The molecule has 1 aromatic carbocycles. The van der Waals surface area contributed by atoms with Gasteiger partial charge < -0.3 is 16.0 Å². The summed E-state index contributed by atoms with van der Waals surface area (Å²) in [7, 11) is 0. The van der Waals surface area contributed by atoms with E-state index in [0.29, 0.717) is 18.0 Å². The third-order valence-electron chi connectivity index (χ3n) is 4.76. The molecule has 1 fully saturated rings. The Labute approximate surface area is 126 Å². The summed E-state index contributed by atoms with van der Waals surface area (Å²) in [5.41, 5.74) is 2.51. The second kappa shape index (κ2) is 5.58. The van der Waals surface area contributed by atoms with Crippen molar-refractivity contribution in [1.29, 1.82) is 0 Å². The first-order chi connectivity index (χ1) is 10.0. The van der Waals surface area contributed by atoms with Gasteiger partial charge >= 0.3 is 0 Å². The molecule has 21 heavy (non-hydrogen) atoms. The van der Waals surface area contributed by atoms with Crippen molar-refractivity contribution in [3.8, 4) is 0 Å². The number of para-hydroxylation sites is 2. The second-order valence-corrected chi connectivity index (χ2v) is 7.07. The summed E-state index contributed by atoms with van der Waals surface area (Å²) in [6.45, 7) is 5.27. The molecule has 4 heteroatoms. The van der Waals surface area contributed by atoms with Gasteiger partial charge in [-0.15, -0.1) is 0 Å². The lowest BCUT2D eigenvalue weighted by atomic mass is 9.75. The molecule has 1 saturated carbocycles. The van der Waals surface area contributed by atoms with Gasteiger partial charge in [0.2, 0.25) is 5.91 Å². The molecule has 4 nitrogen and oxygen atoms in total. The molecule has 1 aliphatic carbocycles. The predicted molar refractivity (Wildman–Crippen MR) is 86.5 cm³/mol. The Morgan fingerprint density at radius 1 is 1.19 bits per heavy atom. The Hall–Kier alpha value is -1.71. The number of anilines is 2. The van der Waals surface area contributed by atoms with Crippen LogP contribution in [0.3, 0.4) is 0 Å². The smallest absolute Gasteiger partial charge is 0.244 e. The molecule has 0 radical (unpaired) electrons. The molecule has 3 N–H and O–H groups in total. The standard InChI is InChI=1S/C17H25N3O/c1-17(2)9-7-12(8-10-17)19-16(21)15-11-18-13-5-3-4-6-14(13)20-15/h3-6,12,15,18,20H,7-11H2,1-2H3,(H,19,21). The van der Waals surface area contributed by atoms with E-state index in [-0.39, 0.29) is 11.9 Å². The van der Waals surface area contributed by atoms with Crippen molar-refractivity contribution in [1.82, 2.24) is 5.32 Å². The first-order valence-electron chi connectivity index (χ1n) is 7.93. The molecule has 1 heterocycles. The fourth-order valence-corrected chi connectivity index (χ4v) is 3.22. The first-order valence-corrected chi connectivity index (χ1v) is 7.93. The Morgan fingerprint density at radius 2 is 1.86 bits per heavy atom. The number of carbonyl (C=O) groups excluding carboxylic acids is 1. The highest BCUT2D eigenvalue weighted by atomic mass is 16.2. The number of hydrogen-bond donors (Lipinski definition) is 3. The summed E-state index contributed by atoms with van der Waals surface area (Å²) >= 11 is 0. The van der Waals surface area contributed by atoms with E-state index in [4.69, 9.17) is 0 Å². The topological polar surface area (TPSA) is 53.2 Å². The second-order valence-electron chi connectivity index (χ2n) is 7.07. The van der Waals surface area contributed by atoms with Crippen molar-refractivity contribution in [3.63, 3.8) is 0 Å². The van der Waals surface area contributed by atoms with Crippen LogP contribution in [0.4, 0.5) is 11.4 Å². The van der Waals surface area contributed by atoms with Crippen LogP contribution in [0.25, 0.3) is 0 Å². The van der Waals surface area contributed by atoms with Crippen LogP contribution in [0.1, 0.15) is 39.5 Å². The lowest BCUT2D eigenvalue weighted by molar-refractivity contribution is -0.122. The van der Waals surface area contributed by atoms with Crippen LogP contribution >= 0.6 is 0 Å². The molecule has 0 aromatic heterocycles. The van der Waals surface area contributed by atoms with Crippen molar-refractivity contribution in [3.05, 3.63) is 24.3 Å². The maximum Gasteiger partial charge on any atom is 0.244 e. The lowest BCUT2D eigenvalue weighted by Gasteiger charge is -2.36. The molecule has 1 aromatic rings. The average Bonchev–Trinajstić information content (AvgIpc) is 2.49. The number of amides is 1. The van der Waals surface area contributed by atoms with Gasteiger partial charge in [-0.2, -0.15) is 0 Å².